The van der Waals surface area contributed by atoms with E-state index < -0.39 is 29.5 Å². The molecule has 0 atom stereocenters. The Kier molecular flexibility index (Phi) is 9.19. The summed E-state index contributed by atoms with van der Waals surface area (Å²) in [6.45, 7) is 2.22. The van der Waals surface area contributed by atoms with Crippen molar-refractivity contribution in [1.29, 1.82) is 0 Å². The Balaban J connectivity index is 2.02. The standard InChI is InChI=1S/C19H23N3O10/c1-13-9-15-16(10-14(13)17(24)20(11-23)12-32-22(27)28)19(26)21(18(15)25)3-4-30-7-8-31-6-5-29-2/h9-11H,3-8,12H2,1-2H3. The van der Waals surface area contributed by atoms with Gasteiger partial charge in [0.1, 0.15) is 0 Å². The van der Waals surface area contributed by atoms with Gasteiger partial charge in [-0.3, -0.25) is 33.8 Å². The molecule has 13 nitrogen and oxygen atoms in total. The highest BCUT2D eigenvalue weighted by molar-refractivity contribution is 6.22. The molecule has 0 aromatic heterocycles. The van der Waals surface area contributed by atoms with Gasteiger partial charge in [0.15, 0.2) is 6.73 Å². The maximum absolute atomic E-state index is 12.7. The number of carbonyl (C=O) groups is 4. The average molecular weight is 453 g/mol. The molecule has 0 radical (unpaired) electrons. The molecule has 1 heterocycles. The number of benzene rings is 1. The number of fused-ring (bicyclic) bond motifs is 1. The zero-order valence-corrected chi connectivity index (χ0v) is 17.6. The molecule has 0 bridgehead atoms. The maximum atomic E-state index is 12.7. The van der Waals surface area contributed by atoms with Crippen LogP contribution in [0.1, 0.15) is 36.6 Å². The fourth-order valence-corrected chi connectivity index (χ4v) is 2.90. The third-order valence-electron chi connectivity index (χ3n) is 4.50. The number of hydrogen-bond donors (Lipinski definition) is 0. The van der Waals surface area contributed by atoms with Crippen molar-refractivity contribution >= 4 is 24.1 Å². The van der Waals surface area contributed by atoms with E-state index in [0.29, 0.717) is 30.3 Å². The van der Waals surface area contributed by atoms with E-state index >= 15 is 0 Å². The van der Waals surface area contributed by atoms with Crippen LogP contribution in [-0.4, -0.2) is 92.4 Å². The molecule has 13 heteroatoms. The number of imide groups is 2. The molecule has 174 valence electrons. The van der Waals surface area contributed by atoms with Crippen LogP contribution in [0, 0.1) is 17.0 Å². The van der Waals surface area contributed by atoms with Gasteiger partial charge >= 0.3 is 0 Å². The molecule has 0 fully saturated rings. The Morgan fingerprint density at radius 3 is 2.28 bits per heavy atom. The summed E-state index contributed by atoms with van der Waals surface area (Å²) in [4.78, 5) is 64.8. The van der Waals surface area contributed by atoms with Gasteiger partial charge in [-0.15, -0.1) is 10.1 Å². The normalized spacial score (nSPS) is 12.6. The van der Waals surface area contributed by atoms with Crippen molar-refractivity contribution in [2.24, 2.45) is 0 Å². The zero-order valence-electron chi connectivity index (χ0n) is 17.6. The van der Waals surface area contributed by atoms with Gasteiger partial charge in [-0.2, -0.15) is 0 Å². The van der Waals surface area contributed by atoms with Crippen molar-refractivity contribution in [2.75, 3.05) is 53.4 Å². The Labute approximate surface area is 182 Å². The van der Waals surface area contributed by atoms with Gasteiger partial charge in [0.05, 0.1) is 50.7 Å². The lowest BCUT2D eigenvalue weighted by Gasteiger charge is -2.15. The number of nitrogens with zero attached hydrogens (tertiary/aromatic N) is 3. The quantitative estimate of drug-likeness (QED) is 0.0941. The molecule has 2 rings (SSSR count). The van der Waals surface area contributed by atoms with Crippen molar-refractivity contribution < 1.29 is 43.3 Å². The summed E-state index contributed by atoms with van der Waals surface area (Å²) in [6, 6.07) is 2.56. The number of ether oxygens (including phenoxy) is 3. The Hall–Kier alpha value is -3.42. The third kappa shape index (κ3) is 6.06. The fourth-order valence-electron chi connectivity index (χ4n) is 2.90. The minimum atomic E-state index is -1.15. The van der Waals surface area contributed by atoms with Crippen molar-refractivity contribution in [3.63, 3.8) is 0 Å². The van der Waals surface area contributed by atoms with Gasteiger partial charge in [-0.05, 0) is 24.6 Å². The van der Waals surface area contributed by atoms with E-state index in [1.165, 1.54) is 19.1 Å². The van der Waals surface area contributed by atoms with Gasteiger partial charge in [0, 0.05) is 12.7 Å². The first-order valence-electron chi connectivity index (χ1n) is 9.50. The molecule has 1 aliphatic rings. The van der Waals surface area contributed by atoms with Crippen LogP contribution >= 0.6 is 0 Å². The summed E-state index contributed by atoms with van der Waals surface area (Å²) < 4.78 is 15.5. The van der Waals surface area contributed by atoms with E-state index in [2.05, 4.69) is 4.84 Å². The summed E-state index contributed by atoms with van der Waals surface area (Å²) >= 11 is 0. The van der Waals surface area contributed by atoms with Gasteiger partial charge in [0.2, 0.25) is 6.41 Å². The third-order valence-corrected chi connectivity index (χ3v) is 4.50. The van der Waals surface area contributed by atoms with Gasteiger partial charge in [-0.1, -0.05) is 0 Å². The predicted molar refractivity (Wildman–Crippen MR) is 105 cm³/mol. The van der Waals surface area contributed by atoms with Crippen molar-refractivity contribution in [1.82, 2.24) is 9.80 Å². The lowest BCUT2D eigenvalue weighted by atomic mass is 9.99. The highest BCUT2D eigenvalue weighted by Crippen LogP contribution is 2.26. The zero-order chi connectivity index (χ0) is 23.7. The summed E-state index contributed by atoms with van der Waals surface area (Å²) in [5.74, 6) is -2.05. The van der Waals surface area contributed by atoms with Crippen LogP contribution in [0.15, 0.2) is 12.1 Å². The maximum Gasteiger partial charge on any atom is 0.296 e. The van der Waals surface area contributed by atoms with E-state index in [1.54, 1.807) is 7.11 Å². The smallest absolute Gasteiger partial charge is 0.296 e. The predicted octanol–water partition coefficient (Wildman–Crippen LogP) is 0.0350. The van der Waals surface area contributed by atoms with Crippen LogP contribution in [0.25, 0.3) is 0 Å². The Morgan fingerprint density at radius 2 is 1.69 bits per heavy atom. The van der Waals surface area contributed by atoms with E-state index in [1.807, 2.05) is 0 Å². The monoisotopic (exact) mass is 453 g/mol. The molecular formula is C19H23N3O10. The molecule has 0 saturated heterocycles. The minimum absolute atomic E-state index is 0.00385. The summed E-state index contributed by atoms with van der Waals surface area (Å²) in [5.41, 5.74) is 0.364. The van der Waals surface area contributed by atoms with Gasteiger partial charge in [-0.25, -0.2) is 0 Å². The van der Waals surface area contributed by atoms with Crippen LogP contribution in [0.4, 0.5) is 0 Å². The first-order valence-corrected chi connectivity index (χ1v) is 9.50. The Bertz CT molecular complexity index is 888. The molecule has 4 amide bonds. The van der Waals surface area contributed by atoms with Crippen LogP contribution < -0.4 is 0 Å². The minimum Gasteiger partial charge on any atom is -0.382 e. The highest BCUT2D eigenvalue weighted by Gasteiger charge is 2.36. The van der Waals surface area contributed by atoms with Crippen LogP contribution in [0.2, 0.25) is 0 Å². The van der Waals surface area contributed by atoms with Crippen LogP contribution in [0.5, 0.6) is 0 Å². The van der Waals surface area contributed by atoms with Crippen molar-refractivity contribution in [2.45, 2.75) is 6.92 Å². The number of carbonyl (C=O) groups excluding carboxylic acids is 4. The number of amides is 4. The molecule has 1 aliphatic heterocycles. The van der Waals surface area contributed by atoms with E-state index in [9.17, 15) is 29.3 Å². The lowest BCUT2D eigenvalue weighted by Crippen LogP contribution is -2.33. The van der Waals surface area contributed by atoms with E-state index in [-0.39, 0.29) is 42.9 Å². The van der Waals surface area contributed by atoms with E-state index in [0.717, 1.165) is 4.90 Å². The Morgan fingerprint density at radius 1 is 1.09 bits per heavy atom. The second-order valence-electron chi connectivity index (χ2n) is 6.55. The first kappa shape index (κ1) is 24.8. The number of hydrogen-bond acceptors (Lipinski definition) is 10. The summed E-state index contributed by atoms with van der Waals surface area (Å²) in [5, 5.41) is 9.17. The first-order chi connectivity index (χ1) is 15.3. The molecule has 1 aromatic rings. The average Bonchev–Trinajstić information content (AvgIpc) is 2.98. The number of methoxy groups -OCH3 is 1. The molecule has 0 spiro atoms. The van der Waals surface area contributed by atoms with Crippen molar-refractivity contribution in [3.8, 4) is 0 Å². The van der Waals surface area contributed by atoms with Crippen LogP contribution in [-0.2, 0) is 23.8 Å². The van der Waals surface area contributed by atoms with Gasteiger partial charge < -0.3 is 14.2 Å². The topological polar surface area (TPSA) is 155 Å². The molecular weight excluding hydrogens is 430 g/mol. The molecule has 0 saturated carbocycles. The summed E-state index contributed by atoms with van der Waals surface area (Å²) in [7, 11) is 1.56. The summed E-state index contributed by atoms with van der Waals surface area (Å²) in [6.07, 6.45) is 0.0775. The second kappa shape index (κ2) is 11.8. The lowest BCUT2D eigenvalue weighted by molar-refractivity contribution is -0.761. The number of rotatable bonds is 14. The largest absolute Gasteiger partial charge is 0.382 e. The molecule has 32 heavy (non-hydrogen) atoms. The molecule has 1 aromatic carbocycles. The van der Waals surface area contributed by atoms with E-state index in [4.69, 9.17) is 14.2 Å². The van der Waals surface area contributed by atoms with Crippen LogP contribution in [0.3, 0.4) is 0 Å². The fraction of sp³-hybridized carbons (Fsp3) is 0.474. The molecule has 0 unspecified atom stereocenters. The second-order valence-corrected chi connectivity index (χ2v) is 6.55. The molecule has 0 aliphatic carbocycles. The van der Waals surface area contributed by atoms with Gasteiger partial charge in [0.25, 0.3) is 22.8 Å². The SMILES string of the molecule is COCCOCCOCCN1C(=O)c2cc(C)c(C(=O)N(C=O)CO[N+](=O)[O-])cc2C1=O. The number of aryl methyl sites for hydroxylation is 1. The molecule has 0 N–H and O–H groups in total. The van der Waals surface area contributed by atoms with Crippen molar-refractivity contribution in [3.05, 3.63) is 44.5 Å². The highest BCUT2D eigenvalue weighted by atomic mass is 17.0.